The summed E-state index contributed by atoms with van der Waals surface area (Å²) in [5.74, 6) is 1.96. The standard InChI is InChI=1S/C15H29N5/c1-5-9-13-14(16-6-2)18-12-19-15(13)17-10-7-8-11-20(3)4/h12H,5-11H2,1-4H3,(H2,16,17,18,19). The predicted molar refractivity (Wildman–Crippen MR) is 86.5 cm³/mol. The normalized spacial score (nSPS) is 10.8. The lowest BCUT2D eigenvalue weighted by molar-refractivity contribution is 0.396. The molecule has 0 aliphatic heterocycles. The van der Waals surface area contributed by atoms with E-state index in [0.29, 0.717) is 0 Å². The van der Waals surface area contributed by atoms with Gasteiger partial charge in [0.2, 0.25) is 0 Å². The quantitative estimate of drug-likeness (QED) is 0.645. The molecule has 1 aromatic rings. The Kier molecular flexibility index (Phi) is 7.95. The Morgan fingerprint density at radius 1 is 1.05 bits per heavy atom. The molecule has 1 rings (SSSR count). The van der Waals surface area contributed by atoms with Gasteiger partial charge in [-0.1, -0.05) is 13.3 Å². The molecule has 1 aromatic heterocycles. The highest BCUT2D eigenvalue weighted by Crippen LogP contribution is 2.21. The lowest BCUT2D eigenvalue weighted by atomic mass is 10.1. The van der Waals surface area contributed by atoms with Gasteiger partial charge in [0.15, 0.2) is 0 Å². The van der Waals surface area contributed by atoms with E-state index in [9.17, 15) is 0 Å². The van der Waals surface area contributed by atoms with Crippen LogP contribution in [0, 0.1) is 0 Å². The first kappa shape index (κ1) is 16.7. The van der Waals surface area contributed by atoms with Crippen molar-refractivity contribution in [1.82, 2.24) is 14.9 Å². The molecule has 0 aromatic carbocycles. The first-order chi connectivity index (χ1) is 9.69. The van der Waals surface area contributed by atoms with Gasteiger partial charge in [-0.2, -0.15) is 0 Å². The maximum absolute atomic E-state index is 4.40. The van der Waals surface area contributed by atoms with Crippen LogP contribution in [0.1, 0.15) is 38.7 Å². The van der Waals surface area contributed by atoms with Crippen LogP contribution in [0.15, 0.2) is 6.33 Å². The van der Waals surface area contributed by atoms with E-state index in [1.165, 1.54) is 12.0 Å². The minimum absolute atomic E-state index is 0.885. The molecule has 0 aliphatic rings. The van der Waals surface area contributed by atoms with E-state index in [2.05, 4.69) is 53.4 Å². The Morgan fingerprint density at radius 3 is 2.35 bits per heavy atom. The van der Waals surface area contributed by atoms with Crippen LogP contribution in [-0.2, 0) is 6.42 Å². The summed E-state index contributed by atoms with van der Waals surface area (Å²) < 4.78 is 0. The van der Waals surface area contributed by atoms with Gasteiger partial charge in [-0.05, 0) is 46.8 Å². The van der Waals surface area contributed by atoms with Crippen LogP contribution in [0.4, 0.5) is 11.6 Å². The Hall–Kier alpha value is -1.36. The van der Waals surface area contributed by atoms with Gasteiger partial charge in [-0.25, -0.2) is 9.97 Å². The fraction of sp³-hybridized carbons (Fsp3) is 0.733. The maximum Gasteiger partial charge on any atom is 0.134 e. The molecule has 0 amide bonds. The van der Waals surface area contributed by atoms with E-state index < -0.39 is 0 Å². The number of rotatable bonds is 10. The number of aromatic nitrogens is 2. The van der Waals surface area contributed by atoms with Crippen molar-refractivity contribution >= 4 is 11.6 Å². The smallest absolute Gasteiger partial charge is 0.134 e. The third-order valence-electron chi connectivity index (χ3n) is 3.11. The SMILES string of the molecule is CCCc1c(NCC)ncnc1NCCCCN(C)C. The van der Waals surface area contributed by atoms with Gasteiger partial charge in [0.25, 0.3) is 0 Å². The van der Waals surface area contributed by atoms with Crippen LogP contribution in [-0.4, -0.2) is 48.6 Å². The van der Waals surface area contributed by atoms with Crippen LogP contribution in [0.2, 0.25) is 0 Å². The second-order valence-corrected chi connectivity index (χ2v) is 5.27. The summed E-state index contributed by atoms with van der Waals surface area (Å²) >= 11 is 0. The molecule has 0 atom stereocenters. The highest BCUT2D eigenvalue weighted by Gasteiger charge is 2.09. The van der Waals surface area contributed by atoms with Gasteiger partial charge in [-0.15, -0.1) is 0 Å². The molecule has 0 spiro atoms. The molecule has 20 heavy (non-hydrogen) atoms. The third kappa shape index (κ3) is 5.74. The molecule has 5 heteroatoms. The summed E-state index contributed by atoms with van der Waals surface area (Å²) in [6.07, 6.45) is 6.10. The average molecular weight is 279 g/mol. The second kappa shape index (κ2) is 9.53. The summed E-state index contributed by atoms with van der Waals surface area (Å²) in [6.45, 7) is 7.26. The Labute approximate surface area is 123 Å². The minimum Gasteiger partial charge on any atom is -0.370 e. The van der Waals surface area contributed by atoms with Crippen molar-refractivity contribution in [3.05, 3.63) is 11.9 Å². The molecule has 0 bridgehead atoms. The van der Waals surface area contributed by atoms with Crippen LogP contribution in [0.3, 0.4) is 0 Å². The van der Waals surface area contributed by atoms with Crippen LogP contribution in [0.5, 0.6) is 0 Å². The summed E-state index contributed by atoms with van der Waals surface area (Å²) in [5, 5.41) is 6.78. The highest BCUT2D eigenvalue weighted by atomic mass is 15.1. The maximum atomic E-state index is 4.40. The second-order valence-electron chi connectivity index (χ2n) is 5.27. The number of nitrogens with zero attached hydrogens (tertiary/aromatic N) is 3. The zero-order valence-corrected chi connectivity index (χ0v) is 13.4. The number of hydrogen-bond acceptors (Lipinski definition) is 5. The van der Waals surface area contributed by atoms with Crippen molar-refractivity contribution in [3.8, 4) is 0 Å². The molecule has 2 N–H and O–H groups in total. The monoisotopic (exact) mass is 279 g/mol. The van der Waals surface area contributed by atoms with Crippen molar-refractivity contribution in [3.63, 3.8) is 0 Å². The predicted octanol–water partition coefficient (Wildman–Crippen LogP) is 2.61. The van der Waals surface area contributed by atoms with Gasteiger partial charge in [-0.3, -0.25) is 0 Å². The van der Waals surface area contributed by atoms with Crippen molar-refractivity contribution in [2.75, 3.05) is 44.4 Å². The first-order valence-corrected chi connectivity index (χ1v) is 7.65. The van der Waals surface area contributed by atoms with Gasteiger partial charge < -0.3 is 15.5 Å². The van der Waals surface area contributed by atoms with Crippen molar-refractivity contribution in [1.29, 1.82) is 0 Å². The molecule has 1 heterocycles. The molecule has 0 aliphatic carbocycles. The van der Waals surface area contributed by atoms with Crippen LogP contribution >= 0.6 is 0 Å². The van der Waals surface area contributed by atoms with Gasteiger partial charge in [0, 0.05) is 18.7 Å². The molecular formula is C15H29N5. The molecule has 0 radical (unpaired) electrons. The van der Waals surface area contributed by atoms with Gasteiger partial charge >= 0.3 is 0 Å². The van der Waals surface area contributed by atoms with Gasteiger partial charge in [0.1, 0.15) is 18.0 Å². The molecular weight excluding hydrogens is 250 g/mol. The third-order valence-corrected chi connectivity index (χ3v) is 3.11. The molecule has 0 saturated heterocycles. The van der Waals surface area contributed by atoms with Crippen LogP contribution in [0.25, 0.3) is 0 Å². The Balaban J connectivity index is 2.56. The first-order valence-electron chi connectivity index (χ1n) is 7.65. The fourth-order valence-electron chi connectivity index (χ4n) is 2.13. The lowest BCUT2D eigenvalue weighted by Crippen LogP contribution is -2.15. The number of unbranched alkanes of at least 4 members (excludes halogenated alkanes) is 1. The van der Waals surface area contributed by atoms with Crippen molar-refractivity contribution in [2.45, 2.75) is 39.5 Å². The summed E-state index contributed by atoms with van der Waals surface area (Å²) in [5.41, 5.74) is 1.21. The van der Waals surface area contributed by atoms with E-state index in [-0.39, 0.29) is 0 Å². The number of nitrogens with one attached hydrogen (secondary N) is 2. The minimum atomic E-state index is 0.885. The van der Waals surface area contributed by atoms with E-state index in [1.54, 1.807) is 6.33 Å². The lowest BCUT2D eigenvalue weighted by Gasteiger charge is -2.15. The van der Waals surface area contributed by atoms with Gasteiger partial charge in [0.05, 0.1) is 0 Å². The van der Waals surface area contributed by atoms with E-state index in [1.807, 2.05) is 0 Å². The summed E-state index contributed by atoms with van der Waals surface area (Å²) in [4.78, 5) is 11.0. The molecule has 0 fully saturated rings. The highest BCUT2D eigenvalue weighted by molar-refractivity contribution is 5.57. The Morgan fingerprint density at radius 2 is 1.75 bits per heavy atom. The zero-order chi connectivity index (χ0) is 14.8. The molecule has 114 valence electrons. The summed E-state index contributed by atoms with van der Waals surface area (Å²) in [7, 11) is 4.22. The van der Waals surface area contributed by atoms with E-state index >= 15 is 0 Å². The van der Waals surface area contributed by atoms with Crippen molar-refractivity contribution in [2.24, 2.45) is 0 Å². The average Bonchev–Trinajstić information content (AvgIpc) is 2.41. The zero-order valence-electron chi connectivity index (χ0n) is 13.4. The van der Waals surface area contributed by atoms with Crippen molar-refractivity contribution < 1.29 is 0 Å². The number of anilines is 2. The molecule has 0 saturated carbocycles. The summed E-state index contributed by atoms with van der Waals surface area (Å²) in [6, 6.07) is 0. The van der Waals surface area contributed by atoms with Crippen LogP contribution < -0.4 is 10.6 Å². The topological polar surface area (TPSA) is 53.1 Å². The fourth-order valence-corrected chi connectivity index (χ4v) is 2.13. The largest absolute Gasteiger partial charge is 0.370 e. The molecule has 0 unspecified atom stereocenters. The van der Waals surface area contributed by atoms with E-state index in [4.69, 9.17) is 0 Å². The van der Waals surface area contributed by atoms with E-state index in [0.717, 1.165) is 50.5 Å². The number of hydrogen-bond donors (Lipinski definition) is 2. The molecule has 5 nitrogen and oxygen atoms in total. The Bertz CT molecular complexity index is 379.